The summed E-state index contributed by atoms with van der Waals surface area (Å²) in [5.74, 6) is -0.189. The van der Waals surface area contributed by atoms with Crippen LogP contribution in [0.1, 0.15) is 28.8 Å². The van der Waals surface area contributed by atoms with Crippen LogP contribution < -0.4 is 0 Å². The number of hydrogen-bond acceptors (Lipinski definition) is 2. The van der Waals surface area contributed by atoms with Gasteiger partial charge in [0.05, 0.1) is 0 Å². The lowest BCUT2D eigenvalue weighted by Crippen LogP contribution is -2.31. The highest BCUT2D eigenvalue weighted by Crippen LogP contribution is 2.22. The van der Waals surface area contributed by atoms with Crippen molar-refractivity contribution >= 4 is 11.8 Å². The lowest BCUT2D eigenvalue weighted by Gasteiger charge is -2.20. The molecule has 2 aromatic rings. The van der Waals surface area contributed by atoms with E-state index in [-0.39, 0.29) is 23.5 Å². The van der Waals surface area contributed by atoms with Crippen LogP contribution in [0.4, 0.5) is 4.39 Å². The molecule has 0 spiro atoms. The quantitative estimate of drug-likeness (QED) is 0.826. The van der Waals surface area contributed by atoms with Gasteiger partial charge in [0.1, 0.15) is 5.82 Å². The second-order valence-corrected chi connectivity index (χ2v) is 6.85. The molecule has 0 radical (unpaired) electrons. The number of amides is 2. The fourth-order valence-electron chi connectivity index (χ4n) is 3.31. The van der Waals surface area contributed by atoms with Crippen LogP contribution in [0.3, 0.4) is 0 Å². The van der Waals surface area contributed by atoms with E-state index < -0.39 is 0 Å². The molecule has 1 aliphatic heterocycles. The van der Waals surface area contributed by atoms with Gasteiger partial charge in [0.2, 0.25) is 5.91 Å². The molecular weight excluding hydrogens is 331 g/mol. The molecule has 26 heavy (non-hydrogen) atoms. The molecule has 3 rings (SSSR count). The normalized spacial score (nSPS) is 16.5. The Morgan fingerprint density at radius 2 is 1.81 bits per heavy atom. The van der Waals surface area contributed by atoms with E-state index >= 15 is 0 Å². The van der Waals surface area contributed by atoms with Gasteiger partial charge < -0.3 is 9.80 Å². The molecular formula is C21H23FN2O2. The van der Waals surface area contributed by atoms with E-state index in [4.69, 9.17) is 0 Å². The van der Waals surface area contributed by atoms with Crippen molar-refractivity contribution in [3.8, 4) is 0 Å². The summed E-state index contributed by atoms with van der Waals surface area (Å²) in [6.07, 6.45) is 1.26. The van der Waals surface area contributed by atoms with E-state index in [0.29, 0.717) is 31.6 Å². The van der Waals surface area contributed by atoms with E-state index in [1.807, 2.05) is 37.4 Å². The summed E-state index contributed by atoms with van der Waals surface area (Å²) >= 11 is 0. The van der Waals surface area contributed by atoms with Gasteiger partial charge >= 0.3 is 0 Å². The summed E-state index contributed by atoms with van der Waals surface area (Å²) in [7, 11) is 1.81. The third-order valence-electron chi connectivity index (χ3n) is 4.82. The number of likely N-dealkylation sites (tertiary alicyclic amines) is 1. The first kappa shape index (κ1) is 18.1. The van der Waals surface area contributed by atoms with Crippen molar-refractivity contribution in [3.05, 3.63) is 71.5 Å². The molecule has 1 saturated heterocycles. The van der Waals surface area contributed by atoms with Gasteiger partial charge in [-0.15, -0.1) is 0 Å². The van der Waals surface area contributed by atoms with Gasteiger partial charge in [0.25, 0.3) is 5.91 Å². The first-order valence-electron chi connectivity index (χ1n) is 8.85. The van der Waals surface area contributed by atoms with Gasteiger partial charge in [0.15, 0.2) is 0 Å². The first-order chi connectivity index (χ1) is 12.5. The molecule has 5 heteroatoms. The second kappa shape index (κ2) is 8.13. The number of rotatable bonds is 5. The van der Waals surface area contributed by atoms with E-state index in [1.54, 1.807) is 9.80 Å². The molecule has 1 aliphatic rings. The van der Waals surface area contributed by atoms with Crippen LogP contribution in [0.15, 0.2) is 54.6 Å². The van der Waals surface area contributed by atoms with Crippen molar-refractivity contribution in [2.24, 2.45) is 5.92 Å². The zero-order chi connectivity index (χ0) is 18.5. The molecule has 0 N–H and O–H groups in total. The minimum atomic E-state index is -0.354. The third-order valence-corrected chi connectivity index (χ3v) is 4.82. The average Bonchev–Trinajstić information content (AvgIpc) is 3.11. The summed E-state index contributed by atoms with van der Waals surface area (Å²) in [6.45, 7) is 1.79. The van der Waals surface area contributed by atoms with Crippen LogP contribution >= 0.6 is 0 Å². The van der Waals surface area contributed by atoms with Crippen molar-refractivity contribution in [2.75, 3.05) is 20.1 Å². The molecule has 1 unspecified atom stereocenters. The fraction of sp³-hybridized carbons (Fsp3) is 0.333. The van der Waals surface area contributed by atoms with Crippen molar-refractivity contribution in [2.45, 2.75) is 19.4 Å². The van der Waals surface area contributed by atoms with Crippen LogP contribution in [-0.4, -0.2) is 41.8 Å². The number of halogens is 1. The van der Waals surface area contributed by atoms with Crippen LogP contribution in [0.5, 0.6) is 0 Å². The van der Waals surface area contributed by atoms with Crippen LogP contribution in [-0.2, 0) is 11.3 Å². The Morgan fingerprint density at radius 1 is 1.12 bits per heavy atom. The highest BCUT2D eigenvalue weighted by atomic mass is 19.1. The molecule has 136 valence electrons. The third kappa shape index (κ3) is 4.48. The predicted molar refractivity (Wildman–Crippen MR) is 97.9 cm³/mol. The molecule has 0 aliphatic carbocycles. The van der Waals surface area contributed by atoms with Crippen LogP contribution in [0, 0.1) is 11.7 Å². The SMILES string of the molecule is CN(Cc1ccccc1)C(=O)CC1CCN(C(=O)c2ccc(F)cc2)C1. The first-order valence-corrected chi connectivity index (χ1v) is 8.85. The van der Waals surface area contributed by atoms with Gasteiger partial charge in [-0.25, -0.2) is 4.39 Å². The summed E-state index contributed by atoms with van der Waals surface area (Å²) in [4.78, 5) is 28.4. The summed E-state index contributed by atoms with van der Waals surface area (Å²) in [5.41, 5.74) is 1.59. The van der Waals surface area contributed by atoms with Gasteiger partial charge in [-0.1, -0.05) is 30.3 Å². The summed E-state index contributed by atoms with van der Waals surface area (Å²) in [5, 5.41) is 0. The Morgan fingerprint density at radius 3 is 2.50 bits per heavy atom. The fourth-order valence-corrected chi connectivity index (χ4v) is 3.31. The van der Waals surface area contributed by atoms with E-state index in [1.165, 1.54) is 24.3 Å². The summed E-state index contributed by atoms with van der Waals surface area (Å²) < 4.78 is 13.0. The maximum absolute atomic E-state index is 13.0. The molecule has 2 aromatic carbocycles. The van der Waals surface area contributed by atoms with Gasteiger partial charge in [-0.05, 0) is 42.2 Å². The Bertz CT molecular complexity index is 761. The van der Waals surface area contributed by atoms with Gasteiger partial charge in [0, 0.05) is 38.7 Å². The standard InChI is InChI=1S/C21H23FN2O2/c1-23(14-16-5-3-2-4-6-16)20(25)13-17-11-12-24(15-17)21(26)18-7-9-19(22)10-8-18/h2-10,17H,11-15H2,1H3. The maximum atomic E-state index is 13.0. The molecule has 0 bridgehead atoms. The molecule has 2 amide bonds. The smallest absolute Gasteiger partial charge is 0.253 e. The lowest BCUT2D eigenvalue weighted by atomic mass is 10.0. The lowest BCUT2D eigenvalue weighted by molar-refractivity contribution is -0.131. The van der Waals surface area contributed by atoms with Gasteiger partial charge in [-0.3, -0.25) is 9.59 Å². The molecule has 0 saturated carbocycles. The number of carbonyl (C=O) groups excluding carboxylic acids is 2. The summed E-state index contributed by atoms with van der Waals surface area (Å²) in [6, 6.07) is 15.5. The number of nitrogens with zero attached hydrogens (tertiary/aromatic N) is 2. The monoisotopic (exact) mass is 354 g/mol. The largest absolute Gasteiger partial charge is 0.341 e. The van der Waals surface area contributed by atoms with E-state index in [0.717, 1.165) is 12.0 Å². The maximum Gasteiger partial charge on any atom is 0.253 e. The molecule has 0 aromatic heterocycles. The zero-order valence-electron chi connectivity index (χ0n) is 14.9. The van der Waals surface area contributed by atoms with Crippen LogP contribution in [0.25, 0.3) is 0 Å². The Labute approximate surface area is 153 Å². The zero-order valence-corrected chi connectivity index (χ0v) is 14.9. The van der Waals surface area contributed by atoms with Crippen molar-refractivity contribution in [1.29, 1.82) is 0 Å². The number of benzene rings is 2. The Kier molecular flexibility index (Phi) is 5.66. The number of carbonyl (C=O) groups is 2. The highest BCUT2D eigenvalue weighted by Gasteiger charge is 2.29. The van der Waals surface area contributed by atoms with Gasteiger partial charge in [-0.2, -0.15) is 0 Å². The van der Waals surface area contributed by atoms with Crippen molar-refractivity contribution in [1.82, 2.24) is 9.80 Å². The topological polar surface area (TPSA) is 40.6 Å². The second-order valence-electron chi connectivity index (χ2n) is 6.85. The van der Waals surface area contributed by atoms with Crippen LogP contribution in [0.2, 0.25) is 0 Å². The minimum Gasteiger partial charge on any atom is -0.341 e. The average molecular weight is 354 g/mol. The predicted octanol–water partition coefficient (Wildman–Crippen LogP) is 3.34. The van der Waals surface area contributed by atoms with E-state index in [9.17, 15) is 14.0 Å². The molecule has 4 nitrogen and oxygen atoms in total. The minimum absolute atomic E-state index is 0.0925. The van der Waals surface area contributed by atoms with Crippen molar-refractivity contribution < 1.29 is 14.0 Å². The highest BCUT2D eigenvalue weighted by molar-refractivity contribution is 5.94. The van der Waals surface area contributed by atoms with Crippen molar-refractivity contribution in [3.63, 3.8) is 0 Å². The molecule has 1 atom stereocenters. The molecule has 1 fully saturated rings. The van der Waals surface area contributed by atoms with E-state index in [2.05, 4.69) is 0 Å². The molecule has 1 heterocycles. The Balaban J connectivity index is 1.51. The Hall–Kier alpha value is -2.69. The number of hydrogen-bond donors (Lipinski definition) is 0.